The number of thiocarbonyl (C=S) groups is 1. The predicted molar refractivity (Wildman–Crippen MR) is 58.8 cm³/mol. The summed E-state index contributed by atoms with van der Waals surface area (Å²) in [6, 6.07) is 0. The number of rotatable bonds is 7. The van der Waals surface area contributed by atoms with Crippen LogP contribution < -0.4 is 5.73 Å². The van der Waals surface area contributed by atoms with Crippen LogP contribution in [-0.4, -0.2) is 35.7 Å². The molecular weight excluding hydrogens is 225 g/mol. The van der Waals surface area contributed by atoms with Gasteiger partial charge in [-0.1, -0.05) is 19.1 Å². The van der Waals surface area contributed by atoms with Crippen LogP contribution in [0, 0.1) is 0 Å². The summed E-state index contributed by atoms with van der Waals surface area (Å²) in [5.41, 5.74) is 5.27. The topological polar surface area (TPSA) is 29.3 Å². The molecule has 90 valence electrons. The minimum Gasteiger partial charge on any atom is -0.393 e. The van der Waals surface area contributed by atoms with Crippen molar-refractivity contribution in [1.82, 2.24) is 4.90 Å². The van der Waals surface area contributed by atoms with Crippen LogP contribution >= 0.6 is 12.2 Å². The fourth-order valence-corrected chi connectivity index (χ4v) is 1.46. The second kappa shape index (κ2) is 7.00. The molecule has 0 spiro atoms. The van der Waals surface area contributed by atoms with Gasteiger partial charge in [-0.3, -0.25) is 4.90 Å². The fourth-order valence-electron chi connectivity index (χ4n) is 1.32. The second-order valence-electron chi connectivity index (χ2n) is 3.46. The molecule has 6 heteroatoms. The Morgan fingerprint density at radius 3 is 2.33 bits per heavy atom. The molecule has 0 fully saturated rings. The van der Waals surface area contributed by atoms with Gasteiger partial charge >= 0.3 is 6.18 Å². The van der Waals surface area contributed by atoms with Crippen LogP contribution in [0.15, 0.2) is 0 Å². The summed E-state index contributed by atoms with van der Waals surface area (Å²) < 4.78 is 36.4. The summed E-state index contributed by atoms with van der Waals surface area (Å²) in [7, 11) is 0. The zero-order chi connectivity index (χ0) is 11.9. The molecule has 0 atom stereocenters. The van der Waals surface area contributed by atoms with Gasteiger partial charge < -0.3 is 5.73 Å². The van der Waals surface area contributed by atoms with E-state index in [1.165, 1.54) is 4.90 Å². The Morgan fingerprint density at radius 2 is 1.93 bits per heavy atom. The summed E-state index contributed by atoms with van der Waals surface area (Å²) in [6.07, 6.45) is -2.32. The van der Waals surface area contributed by atoms with Crippen molar-refractivity contribution < 1.29 is 13.2 Å². The molecule has 0 rings (SSSR count). The van der Waals surface area contributed by atoms with E-state index in [1.807, 2.05) is 6.92 Å². The summed E-state index contributed by atoms with van der Waals surface area (Å²) in [5.74, 6) is 0. The first kappa shape index (κ1) is 14.6. The van der Waals surface area contributed by atoms with E-state index in [4.69, 9.17) is 5.73 Å². The number of hydrogen-bond acceptors (Lipinski definition) is 2. The molecule has 0 unspecified atom stereocenters. The second-order valence-corrected chi connectivity index (χ2v) is 3.99. The minimum absolute atomic E-state index is 0.360. The molecule has 2 nitrogen and oxygen atoms in total. The first-order chi connectivity index (χ1) is 6.85. The molecule has 0 aliphatic carbocycles. The maximum absolute atomic E-state index is 12.1. The lowest BCUT2D eigenvalue weighted by atomic mass is 10.2. The Kier molecular flexibility index (Phi) is 6.84. The van der Waals surface area contributed by atoms with Gasteiger partial charge in [-0.25, -0.2) is 0 Å². The maximum Gasteiger partial charge on any atom is 0.401 e. The zero-order valence-electron chi connectivity index (χ0n) is 8.81. The Labute approximate surface area is 93.6 Å². The van der Waals surface area contributed by atoms with Crippen molar-refractivity contribution in [1.29, 1.82) is 0 Å². The lowest BCUT2D eigenvalue weighted by Crippen LogP contribution is -2.35. The highest BCUT2D eigenvalue weighted by atomic mass is 32.1. The number of nitrogens with two attached hydrogens (primary N) is 1. The summed E-state index contributed by atoms with van der Waals surface area (Å²) in [4.78, 5) is 1.75. The summed E-state index contributed by atoms with van der Waals surface area (Å²) >= 11 is 4.66. The van der Waals surface area contributed by atoms with E-state index >= 15 is 0 Å². The largest absolute Gasteiger partial charge is 0.401 e. The van der Waals surface area contributed by atoms with Crippen LogP contribution in [0.1, 0.15) is 26.2 Å². The molecule has 0 saturated carbocycles. The van der Waals surface area contributed by atoms with E-state index in [-0.39, 0.29) is 0 Å². The van der Waals surface area contributed by atoms with Crippen molar-refractivity contribution in [3.63, 3.8) is 0 Å². The highest BCUT2D eigenvalue weighted by Crippen LogP contribution is 2.16. The Balaban J connectivity index is 3.88. The first-order valence-corrected chi connectivity index (χ1v) is 5.33. The SMILES string of the molecule is CCCN(CCCC(N)=S)CC(F)(F)F. The van der Waals surface area contributed by atoms with Gasteiger partial charge in [0.25, 0.3) is 0 Å². The molecule has 0 bridgehead atoms. The van der Waals surface area contributed by atoms with E-state index in [0.29, 0.717) is 37.3 Å². The molecule has 0 saturated heterocycles. The number of alkyl halides is 3. The van der Waals surface area contributed by atoms with Crippen LogP contribution in [0.25, 0.3) is 0 Å². The maximum atomic E-state index is 12.1. The standard InChI is InChI=1S/C9H17F3N2S/c1-2-5-14(7-9(10,11)12)6-3-4-8(13)15/h2-7H2,1H3,(H2,13,15). The van der Waals surface area contributed by atoms with Crippen LogP contribution in [0.5, 0.6) is 0 Å². The number of halogens is 3. The molecule has 0 amide bonds. The molecule has 0 aliphatic heterocycles. The van der Waals surface area contributed by atoms with Crippen LogP contribution in [0.2, 0.25) is 0 Å². The van der Waals surface area contributed by atoms with Gasteiger partial charge in [0.15, 0.2) is 0 Å². The first-order valence-electron chi connectivity index (χ1n) is 4.92. The third-order valence-electron chi connectivity index (χ3n) is 1.84. The molecule has 0 aromatic carbocycles. The molecule has 0 heterocycles. The smallest absolute Gasteiger partial charge is 0.393 e. The van der Waals surface area contributed by atoms with Gasteiger partial charge in [0, 0.05) is 0 Å². The molecule has 15 heavy (non-hydrogen) atoms. The molecule has 2 N–H and O–H groups in total. The average Bonchev–Trinajstić information content (AvgIpc) is 2.00. The van der Waals surface area contributed by atoms with E-state index in [9.17, 15) is 13.2 Å². The van der Waals surface area contributed by atoms with Crippen LogP contribution in [0.4, 0.5) is 13.2 Å². The van der Waals surface area contributed by atoms with Crippen molar-refractivity contribution in [3.8, 4) is 0 Å². The lowest BCUT2D eigenvalue weighted by molar-refractivity contribution is -0.146. The molecular formula is C9H17F3N2S. The molecule has 0 aromatic rings. The van der Waals surface area contributed by atoms with E-state index in [2.05, 4.69) is 12.2 Å². The normalized spacial score (nSPS) is 12.1. The van der Waals surface area contributed by atoms with Gasteiger partial charge in [-0.15, -0.1) is 0 Å². The quantitative estimate of drug-likeness (QED) is 0.695. The van der Waals surface area contributed by atoms with Crippen molar-refractivity contribution in [2.75, 3.05) is 19.6 Å². The Bertz CT molecular complexity index is 194. The van der Waals surface area contributed by atoms with Gasteiger partial charge in [0.1, 0.15) is 0 Å². The van der Waals surface area contributed by atoms with Gasteiger partial charge in [-0.2, -0.15) is 13.2 Å². The van der Waals surface area contributed by atoms with Gasteiger partial charge in [-0.05, 0) is 32.4 Å². The number of nitrogens with zero attached hydrogens (tertiary/aromatic N) is 1. The molecule has 0 aliphatic rings. The van der Waals surface area contributed by atoms with Crippen LogP contribution in [-0.2, 0) is 0 Å². The minimum atomic E-state index is -4.13. The third kappa shape index (κ3) is 9.93. The summed E-state index contributed by atoms with van der Waals surface area (Å²) in [6.45, 7) is 1.86. The van der Waals surface area contributed by atoms with E-state index in [0.717, 1.165) is 0 Å². The highest BCUT2D eigenvalue weighted by molar-refractivity contribution is 7.80. The monoisotopic (exact) mass is 242 g/mol. The fraction of sp³-hybridized carbons (Fsp3) is 0.889. The zero-order valence-corrected chi connectivity index (χ0v) is 9.63. The van der Waals surface area contributed by atoms with E-state index < -0.39 is 12.7 Å². The Hall–Kier alpha value is -0.360. The van der Waals surface area contributed by atoms with Crippen molar-refractivity contribution in [2.24, 2.45) is 5.73 Å². The van der Waals surface area contributed by atoms with Crippen molar-refractivity contribution in [2.45, 2.75) is 32.4 Å². The lowest BCUT2D eigenvalue weighted by Gasteiger charge is -2.22. The molecule has 0 aromatic heterocycles. The average molecular weight is 242 g/mol. The van der Waals surface area contributed by atoms with Crippen LogP contribution in [0.3, 0.4) is 0 Å². The van der Waals surface area contributed by atoms with Crippen molar-refractivity contribution in [3.05, 3.63) is 0 Å². The van der Waals surface area contributed by atoms with Crippen molar-refractivity contribution >= 4 is 17.2 Å². The van der Waals surface area contributed by atoms with Gasteiger partial charge in [0.2, 0.25) is 0 Å². The predicted octanol–water partition coefficient (Wildman–Crippen LogP) is 2.33. The van der Waals surface area contributed by atoms with Gasteiger partial charge in [0.05, 0.1) is 11.5 Å². The van der Waals surface area contributed by atoms with E-state index in [1.54, 1.807) is 0 Å². The third-order valence-corrected chi connectivity index (χ3v) is 2.04. The number of hydrogen-bond donors (Lipinski definition) is 1. The Morgan fingerprint density at radius 1 is 1.33 bits per heavy atom. The molecule has 0 radical (unpaired) electrons. The highest BCUT2D eigenvalue weighted by Gasteiger charge is 2.29. The summed E-state index contributed by atoms with van der Waals surface area (Å²) in [5, 5.41) is 0.